The number of nitrogens with zero attached hydrogens (tertiary/aromatic N) is 1. The van der Waals surface area contributed by atoms with Crippen molar-refractivity contribution in [2.45, 2.75) is 13.0 Å². The van der Waals surface area contributed by atoms with E-state index < -0.39 is 23.7 Å². The minimum Gasteiger partial charge on any atom is -0.497 e. The maximum atomic E-state index is 11.5. The third kappa shape index (κ3) is 3.16. The molecule has 3 atom stereocenters. The topological polar surface area (TPSA) is 98.7 Å². The lowest BCUT2D eigenvalue weighted by Gasteiger charge is -2.24. The zero-order valence-corrected chi connectivity index (χ0v) is 12.3. The Hall–Kier alpha value is -2.08. The summed E-state index contributed by atoms with van der Waals surface area (Å²) >= 11 is 0. The Labute approximate surface area is 124 Å². The molecule has 6 heteroatoms. The molecule has 0 bridgehead atoms. The number of hydrogen-bond donors (Lipinski definition) is 2. The molecule has 4 N–H and O–H groups in total. The van der Waals surface area contributed by atoms with Crippen molar-refractivity contribution in [3.05, 3.63) is 29.8 Å². The van der Waals surface area contributed by atoms with E-state index in [1.165, 1.54) is 0 Å². The fourth-order valence-corrected chi connectivity index (χ4v) is 2.82. The molecule has 0 saturated carbocycles. The highest BCUT2D eigenvalue weighted by Crippen LogP contribution is 2.31. The summed E-state index contributed by atoms with van der Waals surface area (Å²) < 4.78 is 5.14. The number of rotatable bonds is 5. The molecule has 6 nitrogen and oxygen atoms in total. The third-order valence-electron chi connectivity index (χ3n) is 4.22. The van der Waals surface area contributed by atoms with Crippen LogP contribution in [-0.4, -0.2) is 36.9 Å². The Morgan fingerprint density at radius 3 is 2.00 bits per heavy atom. The molecule has 21 heavy (non-hydrogen) atoms. The van der Waals surface area contributed by atoms with Crippen LogP contribution in [0, 0.1) is 11.8 Å². The van der Waals surface area contributed by atoms with Gasteiger partial charge in [0.1, 0.15) is 5.75 Å². The molecule has 0 radical (unpaired) electrons. The van der Waals surface area contributed by atoms with Crippen molar-refractivity contribution in [2.24, 2.45) is 23.3 Å². The third-order valence-corrected chi connectivity index (χ3v) is 4.22. The van der Waals surface area contributed by atoms with Gasteiger partial charge in [0.25, 0.3) is 0 Å². The van der Waals surface area contributed by atoms with Gasteiger partial charge in [-0.05, 0) is 24.6 Å². The molecule has 2 amide bonds. The molecule has 0 aromatic heterocycles. The summed E-state index contributed by atoms with van der Waals surface area (Å²) in [5.74, 6) is -1.17. The summed E-state index contributed by atoms with van der Waals surface area (Å²) in [6.07, 6.45) is 0. The van der Waals surface area contributed by atoms with Crippen molar-refractivity contribution in [1.29, 1.82) is 0 Å². The summed E-state index contributed by atoms with van der Waals surface area (Å²) in [6, 6.07) is 7.79. The molecule has 0 spiro atoms. The van der Waals surface area contributed by atoms with Gasteiger partial charge in [0.2, 0.25) is 11.8 Å². The Morgan fingerprint density at radius 1 is 1.14 bits per heavy atom. The average molecular weight is 291 g/mol. The molecule has 0 aliphatic carbocycles. The van der Waals surface area contributed by atoms with Crippen LogP contribution in [0.5, 0.6) is 5.75 Å². The monoisotopic (exact) mass is 291 g/mol. The van der Waals surface area contributed by atoms with E-state index in [1.807, 2.05) is 31.2 Å². The van der Waals surface area contributed by atoms with Gasteiger partial charge < -0.3 is 16.2 Å². The molecule has 1 fully saturated rings. The maximum absolute atomic E-state index is 11.5. The van der Waals surface area contributed by atoms with Crippen LogP contribution >= 0.6 is 0 Å². The van der Waals surface area contributed by atoms with Crippen LogP contribution in [0.15, 0.2) is 24.3 Å². The van der Waals surface area contributed by atoms with Crippen molar-refractivity contribution in [2.75, 3.05) is 20.2 Å². The number of carbonyl (C=O) groups is 2. The van der Waals surface area contributed by atoms with E-state index in [2.05, 4.69) is 4.90 Å². The van der Waals surface area contributed by atoms with Gasteiger partial charge in [0.15, 0.2) is 0 Å². The molecule has 114 valence electrons. The van der Waals surface area contributed by atoms with E-state index in [9.17, 15) is 9.59 Å². The van der Waals surface area contributed by atoms with Gasteiger partial charge in [-0.3, -0.25) is 14.5 Å². The number of ether oxygens (including phenoxy) is 1. The van der Waals surface area contributed by atoms with Crippen LogP contribution in [0.25, 0.3) is 0 Å². The number of amides is 2. The molecule has 1 saturated heterocycles. The number of likely N-dealkylation sites (tertiary alicyclic amines) is 1. The smallest absolute Gasteiger partial charge is 0.222 e. The quantitative estimate of drug-likeness (QED) is 0.813. The molecule has 2 rings (SSSR count). The highest BCUT2D eigenvalue weighted by Gasteiger charge is 2.41. The fraction of sp³-hybridized carbons (Fsp3) is 0.467. The largest absolute Gasteiger partial charge is 0.497 e. The predicted octanol–water partition coefficient (Wildman–Crippen LogP) is 0.275. The lowest BCUT2D eigenvalue weighted by molar-refractivity contribution is -0.129. The van der Waals surface area contributed by atoms with E-state index in [0.29, 0.717) is 13.1 Å². The minimum absolute atomic E-state index is 0.0714. The van der Waals surface area contributed by atoms with Crippen LogP contribution in [0.3, 0.4) is 0 Å². The molecule has 1 aromatic carbocycles. The van der Waals surface area contributed by atoms with Gasteiger partial charge in [-0.25, -0.2) is 0 Å². The summed E-state index contributed by atoms with van der Waals surface area (Å²) in [4.78, 5) is 25.0. The fourth-order valence-electron chi connectivity index (χ4n) is 2.82. The second-order valence-electron chi connectivity index (χ2n) is 5.42. The van der Waals surface area contributed by atoms with Crippen LogP contribution in [0.4, 0.5) is 0 Å². The first kappa shape index (κ1) is 15.3. The predicted molar refractivity (Wildman–Crippen MR) is 78.4 cm³/mol. The van der Waals surface area contributed by atoms with Crippen LogP contribution < -0.4 is 16.2 Å². The Balaban J connectivity index is 2.14. The minimum atomic E-state index is -0.511. The Morgan fingerprint density at radius 2 is 1.62 bits per heavy atom. The van der Waals surface area contributed by atoms with Crippen molar-refractivity contribution in [1.82, 2.24) is 4.90 Å². The number of primary amides is 2. The highest BCUT2D eigenvalue weighted by atomic mass is 16.5. The molecule has 1 heterocycles. The van der Waals surface area contributed by atoms with Gasteiger partial charge >= 0.3 is 0 Å². The lowest BCUT2D eigenvalue weighted by Crippen LogP contribution is -2.36. The van der Waals surface area contributed by atoms with Crippen LogP contribution in [0.1, 0.15) is 18.5 Å². The Kier molecular flexibility index (Phi) is 4.47. The van der Waals surface area contributed by atoms with Gasteiger partial charge in [-0.15, -0.1) is 0 Å². The summed E-state index contributed by atoms with van der Waals surface area (Å²) in [6.45, 7) is 2.94. The van der Waals surface area contributed by atoms with Crippen molar-refractivity contribution < 1.29 is 14.3 Å². The first-order valence-corrected chi connectivity index (χ1v) is 6.90. The van der Waals surface area contributed by atoms with Gasteiger partial charge in [-0.1, -0.05) is 12.1 Å². The second kappa shape index (κ2) is 6.13. The van der Waals surface area contributed by atoms with Crippen molar-refractivity contribution in [3.8, 4) is 5.75 Å². The summed E-state index contributed by atoms with van der Waals surface area (Å²) in [5, 5.41) is 0. The number of benzene rings is 1. The zero-order chi connectivity index (χ0) is 15.6. The number of nitrogens with two attached hydrogens (primary N) is 2. The van der Waals surface area contributed by atoms with Gasteiger partial charge in [-0.2, -0.15) is 0 Å². The molecular formula is C15H21N3O3. The van der Waals surface area contributed by atoms with Crippen LogP contribution in [-0.2, 0) is 9.59 Å². The average Bonchev–Trinajstić information content (AvgIpc) is 2.92. The van der Waals surface area contributed by atoms with Gasteiger partial charge in [0.05, 0.1) is 18.9 Å². The SMILES string of the molecule is COc1ccc(C(C)N2CC(C(N)=O)C(C(N)=O)C2)cc1. The van der Waals surface area contributed by atoms with E-state index in [4.69, 9.17) is 16.2 Å². The normalized spacial score (nSPS) is 23.7. The van der Waals surface area contributed by atoms with E-state index in [1.54, 1.807) is 7.11 Å². The number of methoxy groups -OCH3 is 1. The molecular weight excluding hydrogens is 270 g/mol. The van der Waals surface area contributed by atoms with Crippen molar-refractivity contribution >= 4 is 11.8 Å². The second-order valence-corrected chi connectivity index (χ2v) is 5.42. The highest BCUT2D eigenvalue weighted by molar-refractivity contribution is 5.87. The van der Waals surface area contributed by atoms with Crippen molar-refractivity contribution in [3.63, 3.8) is 0 Å². The van der Waals surface area contributed by atoms with E-state index in [0.717, 1.165) is 11.3 Å². The number of hydrogen-bond acceptors (Lipinski definition) is 4. The first-order valence-electron chi connectivity index (χ1n) is 6.90. The molecule has 1 aromatic rings. The maximum Gasteiger partial charge on any atom is 0.222 e. The van der Waals surface area contributed by atoms with E-state index in [-0.39, 0.29) is 6.04 Å². The van der Waals surface area contributed by atoms with Crippen LogP contribution in [0.2, 0.25) is 0 Å². The number of carbonyl (C=O) groups excluding carboxylic acids is 2. The molecule has 1 aliphatic heterocycles. The van der Waals surface area contributed by atoms with Gasteiger partial charge in [0, 0.05) is 19.1 Å². The standard InChI is InChI=1S/C15H21N3O3/c1-9(10-3-5-11(21-2)6-4-10)18-7-12(14(16)19)13(8-18)15(17)20/h3-6,9,12-13H,7-8H2,1-2H3,(H2,16,19)(H2,17,20). The summed E-state index contributed by atoms with van der Waals surface area (Å²) in [7, 11) is 1.62. The summed E-state index contributed by atoms with van der Waals surface area (Å²) in [5.41, 5.74) is 11.8. The first-order chi connectivity index (χ1) is 9.93. The zero-order valence-electron chi connectivity index (χ0n) is 12.3. The molecule has 1 aliphatic rings. The Bertz CT molecular complexity index is 507. The lowest BCUT2D eigenvalue weighted by atomic mass is 9.95. The molecule has 3 unspecified atom stereocenters. The van der Waals surface area contributed by atoms with E-state index >= 15 is 0 Å².